The summed E-state index contributed by atoms with van der Waals surface area (Å²) in [7, 11) is 0. The van der Waals surface area contributed by atoms with Crippen LogP contribution in [0.1, 0.15) is 60.3 Å². The molecular weight excluding hydrogens is 210 g/mol. The Morgan fingerprint density at radius 1 is 1.35 bits per heavy atom. The first kappa shape index (κ1) is 15.0. The number of rotatable bonds is 6. The molecule has 3 atom stereocenters. The van der Waals surface area contributed by atoms with E-state index in [2.05, 4.69) is 39.9 Å². The maximum Gasteiger partial charge on any atom is 0.0586 e. The van der Waals surface area contributed by atoms with Crippen molar-refractivity contribution < 1.29 is 4.74 Å². The lowest BCUT2D eigenvalue weighted by atomic mass is 9.71. The average molecular weight is 241 g/mol. The number of hydrogen-bond donors (Lipinski definition) is 1. The lowest BCUT2D eigenvalue weighted by Gasteiger charge is -2.39. The van der Waals surface area contributed by atoms with E-state index >= 15 is 0 Å². The van der Waals surface area contributed by atoms with Crippen LogP contribution in [0.3, 0.4) is 0 Å². The highest BCUT2D eigenvalue weighted by molar-refractivity contribution is 4.83. The van der Waals surface area contributed by atoms with Crippen LogP contribution in [0.15, 0.2) is 0 Å². The maximum absolute atomic E-state index is 6.20. The number of ether oxygens (including phenoxy) is 1. The molecule has 0 amide bonds. The van der Waals surface area contributed by atoms with Crippen molar-refractivity contribution in [2.45, 2.75) is 72.5 Å². The molecule has 1 aliphatic carbocycles. The van der Waals surface area contributed by atoms with Gasteiger partial charge in [-0.2, -0.15) is 0 Å². The van der Waals surface area contributed by atoms with Crippen molar-refractivity contribution in [2.24, 2.45) is 11.3 Å². The number of hydrogen-bond acceptors (Lipinski definition) is 2. The van der Waals surface area contributed by atoms with Gasteiger partial charge in [0.05, 0.1) is 12.2 Å². The molecule has 102 valence electrons. The molecule has 0 heterocycles. The monoisotopic (exact) mass is 241 g/mol. The van der Waals surface area contributed by atoms with Gasteiger partial charge >= 0.3 is 0 Å². The van der Waals surface area contributed by atoms with E-state index in [9.17, 15) is 0 Å². The molecule has 0 aromatic heterocycles. The summed E-state index contributed by atoms with van der Waals surface area (Å²) in [5, 5.41) is 3.36. The van der Waals surface area contributed by atoms with E-state index < -0.39 is 0 Å². The van der Waals surface area contributed by atoms with Crippen LogP contribution in [0, 0.1) is 11.3 Å². The van der Waals surface area contributed by atoms with Gasteiger partial charge in [0.15, 0.2) is 0 Å². The molecular formula is C15H31NO. The summed E-state index contributed by atoms with van der Waals surface area (Å²) in [5.41, 5.74) is 0.462. The van der Waals surface area contributed by atoms with Gasteiger partial charge in [-0.3, -0.25) is 0 Å². The van der Waals surface area contributed by atoms with Gasteiger partial charge in [0, 0.05) is 0 Å². The lowest BCUT2D eigenvalue weighted by molar-refractivity contribution is -0.0606. The molecule has 0 aliphatic heterocycles. The highest BCUT2D eigenvalue weighted by atomic mass is 16.5. The van der Waals surface area contributed by atoms with Crippen molar-refractivity contribution in [3.8, 4) is 0 Å². The maximum atomic E-state index is 6.20. The third-order valence-electron chi connectivity index (χ3n) is 3.75. The lowest BCUT2D eigenvalue weighted by Crippen LogP contribution is -2.35. The fraction of sp³-hybridized carbons (Fsp3) is 1.00. The van der Waals surface area contributed by atoms with E-state index in [0.29, 0.717) is 17.6 Å². The highest BCUT2D eigenvalue weighted by Crippen LogP contribution is 2.40. The summed E-state index contributed by atoms with van der Waals surface area (Å²) in [5.74, 6) is 0.810. The zero-order valence-corrected chi connectivity index (χ0v) is 12.4. The van der Waals surface area contributed by atoms with E-state index in [1.165, 1.54) is 19.3 Å². The van der Waals surface area contributed by atoms with Crippen molar-refractivity contribution in [1.29, 1.82) is 0 Å². The molecule has 2 nitrogen and oxygen atoms in total. The predicted molar refractivity (Wildman–Crippen MR) is 74.3 cm³/mol. The summed E-state index contributed by atoms with van der Waals surface area (Å²) in [4.78, 5) is 0. The van der Waals surface area contributed by atoms with E-state index in [4.69, 9.17) is 4.74 Å². The fourth-order valence-corrected chi connectivity index (χ4v) is 3.24. The summed E-state index contributed by atoms with van der Waals surface area (Å²) >= 11 is 0. The van der Waals surface area contributed by atoms with Crippen molar-refractivity contribution in [3.63, 3.8) is 0 Å². The van der Waals surface area contributed by atoms with Gasteiger partial charge in [-0.15, -0.1) is 0 Å². The minimum Gasteiger partial charge on any atom is -0.375 e. The Hall–Kier alpha value is -0.0800. The third-order valence-corrected chi connectivity index (χ3v) is 3.75. The topological polar surface area (TPSA) is 21.3 Å². The Kier molecular flexibility index (Phi) is 5.94. The number of nitrogens with one attached hydrogen (secondary N) is 1. The van der Waals surface area contributed by atoms with Crippen LogP contribution < -0.4 is 5.32 Å². The molecule has 1 fully saturated rings. The molecule has 1 rings (SSSR count). The molecule has 17 heavy (non-hydrogen) atoms. The van der Waals surface area contributed by atoms with Crippen LogP contribution in [0.2, 0.25) is 0 Å². The van der Waals surface area contributed by atoms with Crippen molar-refractivity contribution in [3.05, 3.63) is 0 Å². The second kappa shape index (κ2) is 6.75. The van der Waals surface area contributed by atoms with Gasteiger partial charge in [0.2, 0.25) is 0 Å². The highest BCUT2D eigenvalue weighted by Gasteiger charge is 2.33. The molecule has 2 heteroatoms. The average Bonchev–Trinajstić information content (AvgIpc) is 2.14. The first-order valence-electron chi connectivity index (χ1n) is 7.29. The van der Waals surface area contributed by atoms with Gasteiger partial charge in [0.25, 0.3) is 0 Å². The SMILES string of the molecule is CCNCCC(C)OC1CC(C)CC(C)(C)C1. The zero-order valence-electron chi connectivity index (χ0n) is 12.4. The molecule has 0 aromatic rings. The van der Waals surface area contributed by atoms with Crippen LogP contribution in [-0.4, -0.2) is 25.3 Å². The Balaban J connectivity index is 2.30. The largest absolute Gasteiger partial charge is 0.375 e. The van der Waals surface area contributed by atoms with Crippen LogP contribution in [0.5, 0.6) is 0 Å². The van der Waals surface area contributed by atoms with Crippen molar-refractivity contribution in [1.82, 2.24) is 5.32 Å². The third kappa shape index (κ3) is 5.87. The van der Waals surface area contributed by atoms with E-state index in [-0.39, 0.29) is 0 Å². The van der Waals surface area contributed by atoms with Gasteiger partial charge in [-0.05, 0) is 57.0 Å². The first-order valence-corrected chi connectivity index (χ1v) is 7.29. The Morgan fingerprint density at radius 3 is 2.65 bits per heavy atom. The molecule has 1 N–H and O–H groups in total. The van der Waals surface area contributed by atoms with Crippen molar-refractivity contribution >= 4 is 0 Å². The normalized spacial score (nSPS) is 30.2. The molecule has 0 aromatic carbocycles. The second-order valence-electron chi connectivity index (χ2n) is 6.62. The van der Waals surface area contributed by atoms with Gasteiger partial charge in [-0.1, -0.05) is 27.7 Å². The zero-order chi connectivity index (χ0) is 12.9. The summed E-state index contributed by atoms with van der Waals surface area (Å²) < 4.78 is 6.20. The van der Waals surface area contributed by atoms with Gasteiger partial charge in [-0.25, -0.2) is 0 Å². The molecule has 0 bridgehead atoms. The van der Waals surface area contributed by atoms with E-state index in [1.54, 1.807) is 0 Å². The Morgan fingerprint density at radius 2 is 2.06 bits per heavy atom. The summed E-state index contributed by atoms with van der Waals surface area (Å²) in [6, 6.07) is 0. The Labute approximate surface area is 108 Å². The molecule has 0 radical (unpaired) electrons. The summed E-state index contributed by atoms with van der Waals surface area (Å²) in [6.07, 6.45) is 5.81. The van der Waals surface area contributed by atoms with Crippen LogP contribution >= 0.6 is 0 Å². The fourth-order valence-electron chi connectivity index (χ4n) is 3.24. The minimum absolute atomic E-state index is 0.389. The Bertz CT molecular complexity index is 215. The van der Waals surface area contributed by atoms with Gasteiger partial charge in [0.1, 0.15) is 0 Å². The second-order valence-corrected chi connectivity index (χ2v) is 6.62. The molecule has 0 spiro atoms. The molecule has 1 saturated carbocycles. The minimum atomic E-state index is 0.389. The first-order chi connectivity index (χ1) is 7.93. The van der Waals surface area contributed by atoms with Crippen molar-refractivity contribution in [2.75, 3.05) is 13.1 Å². The summed E-state index contributed by atoms with van der Waals surface area (Å²) in [6.45, 7) is 13.6. The van der Waals surface area contributed by atoms with Crippen LogP contribution in [0.25, 0.3) is 0 Å². The van der Waals surface area contributed by atoms with Gasteiger partial charge < -0.3 is 10.1 Å². The van der Waals surface area contributed by atoms with Crippen LogP contribution in [-0.2, 0) is 4.74 Å². The van der Waals surface area contributed by atoms with E-state index in [0.717, 1.165) is 25.4 Å². The van der Waals surface area contributed by atoms with Crippen LogP contribution in [0.4, 0.5) is 0 Å². The van der Waals surface area contributed by atoms with E-state index in [1.807, 2.05) is 0 Å². The molecule has 0 saturated heterocycles. The molecule has 1 aliphatic rings. The standard InChI is InChI=1S/C15H31NO/c1-6-16-8-7-13(3)17-14-9-12(2)10-15(4,5)11-14/h12-14,16H,6-11H2,1-5H3. The molecule has 3 unspecified atom stereocenters. The smallest absolute Gasteiger partial charge is 0.0586 e. The quantitative estimate of drug-likeness (QED) is 0.717. The predicted octanol–water partition coefficient (Wildman–Crippen LogP) is 3.61.